The lowest BCUT2D eigenvalue weighted by Crippen LogP contribution is -2.50. The maximum atomic E-state index is 13.7. The van der Waals surface area contributed by atoms with Crippen molar-refractivity contribution in [3.05, 3.63) is 30.1 Å². The van der Waals surface area contributed by atoms with Crippen molar-refractivity contribution in [2.45, 2.75) is 11.0 Å². The van der Waals surface area contributed by atoms with Crippen LogP contribution in [-0.2, 0) is 10.0 Å². The largest absolute Gasteiger partial charge is 0.394 e. The highest BCUT2D eigenvalue weighted by Crippen LogP contribution is 2.20. The van der Waals surface area contributed by atoms with Crippen molar-refractivity contribution in [3.8, 4) is 0 Å². The number of benzene rings is 1. The molecule has 0 unspecified atom stereocenters. The summed E-state index contributed by atoms with van der Waals surface area (Å²) in [5, 5.41) is 18.2. The summed E-state index contributed by atoms with van der Waals surface area (Å²) in [5.74, 6) is -0.754. The van der Waals surface area contributed by atoms with E-state index >= 15 is 0 Å². The van der Waals surface area contributed by atoms with E-state index in [1.165, 1.54) is 22.5 Å². The van der Waals surface area contributed by atoms with Gasteiger partial charge in [-0.15, -0.1) is 0 Å². The van der Waals surface area contributed by atoms with Gasteiger partial charge in [-0.3, -0.25) is 4.90 Å². The third-order valence-electron chi connectivity index (χ3n) is 3.47. The molecule has 1 saturated heterocycles. The Balaban J connectivity index is 2.03. The van der Waals surface area contributed by atoms with Crippen LogP contribution in [0.4, 0.5) is 4.39 Å². The molecule has 21 heavy (non-hydrogen) atoms. The molecule has 1 aliphatic heterocycles. The zero-order valence-corrected chi connectivity index (χ0v) is 12.3. The van der Waals surface area contributed by atoms with Crippen molar-refractivity contribution in [2.24, 2.45) is 0 Å². The molecule has 1 aromatic carbocycles. The fourth-order valence-electron chi connectivity index (χ4n) is 2.30. The minimum absolute atomic E-state index is 0.231. The number of aliphatic hydroxyl groups is 2. The maximum Gasteiger partial charge on any atom is 0.246 e. The fraction of sp³-hybridized carbons (Fsp3) is 0.538. The highest BCUT2D eigenvalue weighted by atomic mass is 32.2. The second-order valence-corrected chi connectivity index (χ2v) is 6.88. The first-order valence-corrected chi connectivity index (χ1v) is 8.15. The monoisotopic (exact) mass is 318 g/mol. The summed E-state index contributed by atoms with van der Waals surface area (Å²) in [7, 11) is -3.83. The highest BCUT2D eigenvalue weighted by molar-refractivity contribution is 7.89. The van der Waals surface area contributed by atoms with E-state index in [9.17, 15) is 17.9 Å². The number of hydrogen-bond acceptors (Lipinski definition) is 5. The first-order valence-electron chi connectivity index (χ1n) is 6.71. The van der Waals surface area contributed by atoms with E-state index in [1.807, 2.05) is 4.90 Å². The predicted octanol–water partition coefficient (Wildman–Crippen LogP) is -0.515. The summed E-state index contributed by atoms with van der Waals surface area (Å²) in [6, 6.07) is 5.32. The molecule has 6 nitrogen and oxygen atoms in total. The number of β-amino-alcohol motifs (C(OH)–C–C–N with tert-alkyl or cyclic N) is 1. The number of nitrogens with zero attached hydrogens (tertiary/aromatic N) is 2. The lowest BCUT2D eigenvalue weighted by atomic mass is 10.3. The van der Waals surface area contributed by atoms with E-state index in [2.05, 4.69) is 0 Å². The maximum absolute atomic E-state index is 13.7. The lowest BCUT2D eigenvalue weighted by molar-refractivity contribution is 0.0491. The standard InChI is InChI=1S/C13H19FN2O4S/c14-12-3-1-2-4-13(12)21(19,20)16-7-5-15(6-8-16)9-11(18)10-17/h1-4,11,17-18H,5-10H2/t11-/m0/s1. The Morgan fingerprint density at radius 3 is 2.38 bits per heavy atom. The van der Waals surface area contributed by atoms with Crippen LogP contribution in [0.15, 0.2) is 29.2 Å². The van der Waals surface area contributed by atoms with Crippen molar-refractivity contribution < 1.29 is 23.0 Å². The average Bonchev–Trinajstić information content (AvgIpc) is 2.48. The van der Waals surface area contributed by atoms with Gasteiger partial charge in [0.2, 0.25) is 10.0 Å². The Morgan fingerprint density at radius 2 is 1.81 bits per heavy atom. The molecule has 2 N–H and O–H groups in total. The van der Waals surface area contributed by atoms with E-state index in [-0.39, 0.29) is 24.6 Å². The molecule has 0 aromatic heterocycles. The molecule has 0 bridgehead atoms. The van der Waals surface area contributed by atoms with E-state index in [1.54, 1.807) is 0 Å². The molecular formula is C13H19FN2O4S. The summed E-state index contributed by atoms with van der Waals surface area (Å²) >= 11 is 0. The van der Waals surface area contributed by atoms with Crippen molar-refractivity contribution in [3.63, 3.8) is 0 Å². The van der Waals surface area contributed by atoms with Crippen LogP contribution >= 0.6 is 0 Å². The normalized spacial score (nSPS) is 19.6. The number of piperazine rings is 1. The summed E-state index contributed by atoms with van der Waals surface area (Å²) in [6.07, 6.45) is -0.834. The van der Waals surface area contributed by atoms with Gasteiger partial charge in [0, 0.05) is 32.7 Å². The molecular weight excluding hydrogens is 299 g/mol. The molecule has 0 amide bonds. The summed E-state index contributed by atoms with van der Waals surface area (Å²) in [5.41, 5.74) is 0. The number of aliphatic hydroxyl groups excluding tert-OH is 2. The minimum Gasteiger partial charge on any atom is -0.394 e. The lowest BCUT2D eigenvalue weighted by Gasteiger charge is -2.34. The zero-order valence-electron chi connectivity index (χ0n) is 11.5. The summed E-state index contributed by atoms with van der Waals surface area (Å²) in [4.78, 5) is 1.56. The summed E-state index contributed by atoms with van der Waals surface area (Å²) < 4.78 is 39.6. The molecule has 1 atom stereocenters. The quantitative estimate of drug-likeness (QED) is 0.764. The Bertz CT molecular complexity index is 573. The molecule has 8 heteroatoms. The van der Waals surface area contributed by atoms with E-state index in [0.717, 1.165) is 6.07 Å². The molecule has 0 aliphatic carbocycles. The van der Waals surface area contributed by atoms with Gasteiger partial charge in [-0.2, -0.15) is 4.31 Å². The van der Waals surface area contributed by atoms with Gasteiger partial charge < -0.3 is 10.2 Å². The number of rotatable bonds is 5. The van der Waals surface area contributed by atoms with Gasteiger partial charge in [-0.05, 0) is 12.1 Å². The highest BCUT2D eigenvalue weighted by Gasteiger charge is 2.30. The van der Waals surface area contributed by atoms with Crippen LogP contribution in [0.5, 0.6) is 0 Å². The van der Waals surface area contributed by atoms with Crippen molar-refractivity contribution in [1.29, 1.82) is 0 Å². The molecule has 1 aromatic rings. The molecule has 0 saturated carbocycles. The van der Waals surface area contributed by atoms with Crippen LogP contribution in [0.1, 0.15) is 0 Å². The first-order chi connectivity index (χ1) is 9.95. The Labute approximate surface area is 123 Å². The molecule has 0 spiro atoms. The van der Waals surface area contributed by atoms with Gasteiger partial charge in [0.05, 0.1) is 12.7 Å². The van der Waals surface area contributed by atoms with E-state index in [4.69, 9.17) is 5.11 Å². The molecule has 1 aliphatic rings. The van der Waals surface area contributed by atoms with Gasteiger partial charge in [-0.25, -0.2) is 12.8 Å². The van der Waals surface area contributed by atoms with E-state index < -0.39 is 21.9 Å². The first kappa shape index (κ1) is 16.3. The SMILES string of the molecule is O=S(=O)(c1ccccc1F)N1CCN(C[C@H](O)CO)CC1. The van der Waals surface area contributed by atoms with Gasteiger partial charge in [0.15, 0.2) is 0 Å². The Morgan fingerprint density at radius 1 is 1.19 bits per heavy atom. The fourth-order valence-corrected chi connectivity index (χ4v) is 3.79. The second kappa shape index (κ2) is 6.80. The van der Waals surface area contributed by atoms with Crippen molar-refractivity contribution in [1.82, 2.24) is 9.21 Å². The van der Waals surface area contributed by atoms with Gasteiger partial charge in [0.25, 0.3) is 0 Å². The molecule has 2 rings (SSSR count). The minimum atomic E-state index is -3.83. The zero-order chi connectivity index (χ0) is 15.5. The second-order valence-electron chi connectivity index (χ2n) is 4.97. The molecule has 0 radical (unpaired) electrons. The van der Waals surface area contributed by atoms with Gasteiger partial charge >= 0.3 is 0 Å². The topological polar surface area (TPSA) is 81.1 Å². The predicted molar refractivity (Wildman–Crippen MR) is 74.7 cm³/mol. The van der Waals surface area contributed by atoms with Gasteiger partial charge in [-0.1, -0.05) is 12.1 Å². The van der Waals surface area contributed by atoms with Crippen LogP contribution < -0.4 is 0 Å². The number of sulfonamides is 1. The average molecular weight is 318 g/mol. The molecule has 118 valence electrons. The smallest absolute Gasteiger partial charge is 0.246 e. The Kier molecular flexibility index (Phi) is 5.28. The van der Waals surface area contributed by atoms with Crippen LogP contribution in [0, 0.1) is 5.82 Å². The summed E-state index contributed by atoms with van der Waals surface area (Å²) in [6.45, 7) is 1.30. The Hall–Kier alpha value is -1.06. The molecule has 1 heterocycles. The van der Waals surface area contributed by atoms with Crippen LogP contribution in [0.25, 0.3) is 0 Å². The van der Waals surface area contributed by atoms with Crippen LogP contribution in [-0.4, -0.2) is 73.3 Å². The molecule has 1 fully saturated rings. The third kappa shape index (κ3) is 3.78. The number of halogens is 1. The van der Waals surface area contributed by atoms with Gasteiger partial charge in [0.1, 0.15) is 10.7 Å². The van der Waals surface area contributed by atoms with Crippen LogP contribution in [0.2, 0.25) is 0 Å². The van der Waals surface area contributed by atoms with Crippen molar-refractivity contribution >= 4 is 10.0 Å². The van der Waals surface area contributed by atoms with Crippen molar-refractivity contribution in [2.75, 3.05) is 39.3 Å². The third-order valence-corrected chi connectivity index (χ3v) is 5.40. The van der Waals surface area contributed by atoms with E-state index in [0.29, 0.717) is 19.6 Å². The van der Waals surface area contributed by atoms with Crippen LogP contribution in [0.3, 0.4) is 0 Å². The number of hydrogen-bond donors (Lipinski definition) is 2.